The van der Waals surface area contributed by atoms with Crippen LogP contribution in [-0.2, 0) is 15.6 Å². The molecule has 0 amide bonds. The van der Waals surface area contributed by atoms with Crippen LogP contribution < -0.4 is 10.5 Å². The van der Waals surface area contributed by atoms with Gasteiger partial charge in [-0.15, -0.1) is 0 Å². The van der Waals surface area contributed by atoms with Crippen LogP contribution in [0.4, 0.5) is 11.4 Å². The molecule has 196 valence electrons. The highest BCUT2D eigenvalue weighted by atomic mass is 16.7. The van der Waals surface area contributed by atoms with Crippen LogP contribution in [0.1, 0.15) is 49.9 Å². The van der Waals surface area contributed by atoms with Gasteiger partial charge in [-0.25, -0.2) is 5.06 Å². The van der Waals surface area contributed by atoms with Gasteiger partial charge in [0.15, 0.2) is 0 Å². The molecule has 0 spiro atoms. The first-order chi connectivity index (χ1) is 19.3. The van der Waals surface area contributed by atoms with E-state index in [9.17, 15) is 5.02 Å². The van der Waals surface area contributed by atoms with Crippen LogP contribution in [0.3, 0.4) is 0 Å². The summed E-state index contributed by atoms with van der Waals surface area (Å²) in [5, 5.41) is 13.0. The molecule has 0 fully saturated rings. The van der Waals surface area contributed by atoms with Crippen LogP contribution in [0.5, 0.6) is 0 Å². The molecule has 3 nitrogen and oxygen atoms in total. The maximum Gasteiger partial charge on any atom is 0.515 e. The number of benzene rings is 5. The molecule has 4 heteroatoms. The van der Waals surface area contributed by atoms with E-state index < -0.39 is 7.12 Å². The largest absolute Gasteiger partial charge is 0.515 e. The molecule has 0 saturated heterocycles. The zero-order valence-electron chi connectivity index (χ0n) is 23.3. The topological polar surface area (TPSA) is 32.7 Å². The lowest BCUT2D eigenvalue weighted by atomic mass is 9.80. The standard InChI is InChI=1S/C36H32BNO2/c1-35(2)31-16-10-8-14-27(31)29-20-18-25(22-33(29)35)38(40-37(39)24-12-6-5-7-13-24)26-19-21-30-28-15-9-11-17-32(28)36(3,4)34(30)23-26/h5-23,39H,1-4H3. The number of rotatable bonds is 5. The van der Waals surface area contributed by atoms with Crippen molar-refractivity contribution in [2.45, 2.75) is 38.5 Å². The summed E-state index contributed by atoms with van der Waals surface area (Å²) >= 11 is 0. The molecule has 5 aromatic carbocycles. The van der Waals surface area contributed by atoms with Crippen LogP contribution >= 0.6 is 0 Å². The van der Waals surface area contributed by atoms with E-state index >= 15 is 0 Å². The summed E-state index contributed by atoms with van der Waals surface area (Å²) in [5.74, 6) is 0. The molecule has 2 aliphatic carbocycles. The average molecular weight is 521 g/mol. The van der Waals surface area contributed by atoms with Gasteiger partial charge in [-0.2, -0.15) is 0 Å². The lowest BCUT2D eigenvalue weighted by molar-refractivity contribution is 0.274. The fourth-order valence-corrected chi connectivity index (χ4v) is 6.69. The van der Waals surface area contributed by atoms with E-state index in [2.05, 4.69) is 113 Å². The molecule has 0 heterocycles. The predicted molar refractivity (Wildman–Crippen MR) is 165 cm³/mol. The Bertz CT molecular complexity index is 1650. The van der Waals surface area contributed by atoms with Gasteiger partial charge in [-0.05, 0) is 74.2 Å². The highest BCUT2D eigenvalue weighted by molar-refractivity contribution is 6.60. The van der Waals surface area contributed by atoms with Crippen molar-refractivity contribution in [1.82, 2.24) is 0 Å². The van der Waals surface area contributed by atoms with E-state index in [0.29, 0.717) is 5.46 Å². The quantitative estimate of drug-likeness (QED) is 0.190. The molecule has 0 unspecified atom stereocenters. The first kappa shape index (κ1) is 24.9. The molecule has 0 saturated carbocycles. The smallest absolute Gasteiger partial charge is 0.422 e. The van der Waals surface area contributed by atoms with Crippen LogP contribution in [0.2, 0.25) is 0 Å². The molecular weight excluding hydrogens is 489 g/mol. The number of anilines is 2. The van der Waals surface area contributed by atoms with Crippen molar-refractivity contribution in [3.8, 4) is 22.3 Å². The molecule has 0 aliphatic heterocycles. The van der Waals surface area contributed by atoms with E-state index in [-0.39, 0.29) is 10.8 Å². The summed E-state index contributed by atoms with van der Waals surface area (Å²) in [7, 11) is -1.13. The zero-order chi connectivity index (χ0) is 27.6. The third kappa shape index (κ3) is 3.67. The molecule has 0 bridgehead atoms. The van der Waals surface area contributed by atoms with Gasteiger partial charge in [-0.1, -0.05) is 119 Å². The second kappa shape index (κ2) is 8.95. The molecule has 40 heavy (non-hydrogen) atoms. The van der Waals surface area contributed by atoms with Crippen LogP contribution in [-0.4, -0.2) is 12.1 Å². The fourth-order valence-electron chi connectivity index (χ4n) is 6.69. The van der Waals surface area contributed by atoms with Crippen molar-refractivity contribution < 1.29 is 9.78 Å². The van der Waals surface area contributed by atoms with Crippen molar-refractivity contribution in [3.63, 3.8) is 0 Å². The Kier molecular flexibility index (Phi) is 5.57. The minimum absolute atomic E-state index is 0.146. The molecule has 5 aromatic rings. The van der Waals surface area contributed by atoms with E-state index in [1.807, 2.05) is 30.3 Å². The summed E-state index contributed by atoms with van der Waals surface area (Å²) in [6.07, 6.45) is 0. The van der Waals surface area contributed by atoms with Crippen molar-refractivity contribution in [3.05, 3.63) is 138 Å². The first-order valence-corrected chi connectivity index (χ1v) is 14.0. The van der Waals surface area contributed by atoms with Crippen molar-refractivity contribution in [2.24, 2.45) is 0 Å². The average Bonchev–Trinajstić information content (AvgIpc) is 3.35. The van der Waals surface area contributed by atoms with Crippen molar-refractivity contribution in [1.29, 1.82) is 0 Å². The van der Waals surface area contributed by atoms with E-state index in [1.165, 1.54) is 44.5 Å². The maximum absolute atomic E-state index is 11.2. The third-order valence-electron chi connectivity index (χ3n) is 8.89. The Hall–Kier alpha value is -4.12. The number of nitrogens with zero attached hydrogens (tertiary/aromatic N) is 1. The lowest BCUT2D eigenvalue weighted by Gasteiger charge is -2.29. The zero-order valence-corrected chi connectivity index (χ0v) is 23.3. The first-order valence-electron chi connectivity index (χ1n) is 14.0. The van der Waals surface area contributed by atoms with Gasteiger partial charge in [0.25, 0.3) is 0 Å². The Balaban J connectivity index is 1.36. The Morgan fingerprint density at radius 1 is 0.525 bits per heavy atom. The number of hydrogen-bond acceptors (Lipinski definition) is 3. The van der Waals surface area contributed by atoms with E-state index in [0.717, 1.165) is 11.4 Å². The molecule has 1 N–H and O–H groups in total. The molecule has 2 aliphatic rings. The fraction of sp³-hybridized carbons (Fsp3) is 0.167. The van der Waals surface area contributed by atoms with Gasteiger partial charge in [0, 0.05) is 10.8 Å². The second-order valence-electron chi connectivity index (χ2n) is 12.0. The summed E-state index contributed by atoms with van der Waals surface area (Å²) in [6.45, 7) is 9.11. The molecule has 7 rings (SSSR count). The van der Waals surface area contributed by atoms with Crippen LogP contribution in [0.25, 0.3) is 22.3 Å². The number of hydrogen-bond donors (Lipinski definition) is 1. The Morgan fingerprint density at radius 2 is 0.950 bits per heavy atom. The second-order valence-corrected chi connectivity index (χ2v) is 12.0. The van der Waals surface area contributed by atoms with E-state index in [1.54, 1.807) is 5.06 Å². The molecule has 0 radical (unpaired) electrons. The summed E-state index contributed by atoms with van der Waals surface area (Å²) in [6, 6.07) is 39.9. The minimum Gasteiger partial charge on any atom is -0.422 e. The van der Waals surface area contributed by atoms with Crippen LogP contribution in [0.15, 0.2) is 115 Å². The lowest BCUT2D eigenvalue weighted by Crippen LogP contribution is -2.39. The van der Waals surface area contributed by atoms with Gasteiger partial charge in [0.2, 0.25) is 0 Å². The van der Waals surface area contributed by atoms with Gasteiger partial charge in [0.05, 0.1) is 11.4 Å². The summed E-state index contributed by atoms with van der Waals surface area (Å²) in [4.78, 5) is 0. The van der Waals surface area contributed by atoms with Gasteiger partial charge < -0.3 is 5.02 Å². The Morgan fingerprint density at radius 3 is 1.45 bits per heavy atom. The Labute approximate surface area is 236 Å². The van der Waals surface area contributed by atoms with Crippen molar-refractivity contribution >= 4 is 24.0 Å². The predicted octanol–water partition coefficient (Wildman–Crippen LogP) is 7.76. The monoisotopic (exact) mass is 521 g/mol. The minimum atomic E-state index is -1.13. The maximum atomic E-state index is 11.2. The summed E-state index contributed by atoms with van der Waals surface area (Å²) < 4.78 is 6.41. The van der Waals surface area contributed by atoms with E-state index in [4.69, 9.17) is 4.76 Å². The van der Waals surface area contributed by atoms with Crippen LogP contribution in [0, 0.1) is 0 Å². The summed E-state index contributed by atoms with van der Waals surface area (Å²) in [5.41, 5.74) is 12.4. The number of fused-ring (bicyclic) bond motifs is 6. The third-order valence-corrected chi connectivity index (χ3v) is 8.89. The molecule has 0 atom stereocenters. The molecule has 0 aromatic heterocycles. The van der Waals surface area contributed by atoms with Gasteiger partial charge in [-0.3, -0.25) is 4.76 Å². The van der Waals surface area contributed by atoms with Crippen molar-refractivity contribution in [2.75, 3.05) is 5.06 Å². The normalized spacial score (nSPS) is 15.1. The highest BCUT2D eigenvalue weighted by Gasteiger charge is 2.38. The molecular formula is C36H32BNO2. The van der Waals surface area contributed by atoms with Gasteiger partial charge >= 0.3 is 7.12 Å². The SMILES string of the molecule is CC1(C)c2ccccc2-c2ccc(N(OB(O)c3ccccc3)c3ccc4c(c3)C(C)(C)c3ccccc3-4)cc21. The highest BCUT2D eigenvalue weighted by Crippen LogP contribution is 2.52. The van der Waals surface area contributed by atoms with Gasteiger partial charge in [0.1, 0.15) is 0 Å².